The van der Waals surface area contributed by atoms with E-state index in [9.17, 15) is 4.79 Å². The van der Waals surface area contributed by atoms with Crippen LogP contribution in [0.25, 0.3) is 11.1 Å². The molecular formula is C15H13ClO2. The Morgan fingerprint density at radius 1 is 1.06 bits per heavy atom. The zero-order chi connectivity index (χ0) is 13.1. The van der Waals surface area contributed by atoms with Crippen LogP contribution < -0.4 is 0 Å². The molecule has 2 rings (SSSR count). The molecule has 0 heterocycles. The molecule has 0 radical (unpaired) electrons. The summed E-state index contributed by atoms with van der Waals surface area (Å²) in [7, 11) is 1.39. The van der Waals surface area contributed by atoms with E-state index in [1.807, 2.05) is 49.4 Å². The zero-order valence-electron chi connectivity index (χ0n) is 10.2. The van der Waals surface area contributed by atoms with Crippen LogP contribution in [0, 0.1) is 6.92 Å². The van der Waals surface area contributed by atoms with Gasteiger partial charge >= 0.3 is 5.97 Å². The quantitative estimate of drug-likeness (QED) is 0.760. The minimum Gasteiger partial charge on any atom is -0.465 e. The van der Waals surface area contributed by atoms with E-state index in [2.05, 4.69) is 0 Å². The normalized spacial score (nSPS) is 10.2. The third kappa shape index (κ3) is 2.54. The Bertz CT molecular complexity index is 574. The molecule has 0 atom stereocenters. The van der Waals surface area contributed by atoms with Gasteiger partial charge in [0, 0.05) is 5.02 Å². The van der Waals surface area contributed by atoms with Crippen molar-refractivity contribution < 1.29 is 9.53 Å². The van der Waals surface area contributed by atoms with Gasteiger partial charge in [0.25, 0.3) is 0 Å². The Hall–Kier alpha value is -1.80. The highest BCUT2D eigenvalue weighted by Crippen LogP contribution is 2.24. The lowest BCUT2D eigenvalue weighted by atomic mass is 10.00. The molecule has 0 aliphatic heterocycles. The SMILES string of the molecule is COC(=O)c1cc(-c2ccc(Cl)cc2)ccc1C. The van der Waals surface area contributed by atoms with E-state index >= 15 is 0 Å². The number of ether oxygens (including phenoxy) is 1. The van der Waals surface area contributed by atoms with Crippen LogP contribution in [0.3, 0.4) is 0 Å². The van der Waals surface area contributed by atoms with Gasteiger partial charge < -0.3 is 4.74 Å². The van der Waals surface area contributed by atoms with Crippen LogP contribution in [0.4, 0.5) is 0 Å². The first-order valence-corrected chi connectivity index (χ1v) is 5.94. The van der Waals surface area contributed by atoms with Gasteiger partial charge in [-0.3, -0.25) is 0 Å². The van der Waals surface area contributed by atoms with E-state index in [4.69, 9.17) is 16.3 Å². The highest BCUT2D eigenvalue weighted by molar-refractivity contribution is 6.30. The molecule has 0 amide bonds. The van der Waals surface area contributed by atoms with Crippen molar-refractivity contribution in [3.63, 3.8) is 0 Å². The molecule has 2 aromatic rings. The number of hydrogen-bond donors (Lipinski definition) is 0. The standard InChI is InChI=1S/C15H13ClO2/c1-10-3-4-12(9-14(10)15(17)18-2)11-5-7-13(16)8-6-11/h3-9H,1-2H3. The topological polar surface area (TPSA) is 26.3 Å². The lowest BCUT2D eigenvalue weighted by molar-refractivity contribution is 0.0600. The lowest BCUT2D eigenvalue weighted by Gasteiger charge is -2.07. The fourth-order valence-corrected chi connectivity index (χ4v) is 1.90. The number of rotatable bonds is 2. The Kier molecular flexibility index (Phi) is 3.68. The second-order valence-electron chi connectivity index (χ2n) is 4.03. The monoisotopic (exact) mass is 260 g/mol. The van der Waals surface area contributed by atoms with Crippen molar-refractivity contribution in [2.45, 2.75) is 6.92 Å². The van der Waals surface area contributed by atoms with Crippen molar-refractivity contribution in [1.29, 1.82) is 0 Å². The smallest absolute Gasteiger partial charge is 0.338 e. The van der Waals surface area contributed by atoms with Crippen molar-refractivity contribution in [1.82, 2.24) is 0 Å². The average Bonchev–Trinajstić information content (AvgIpc) is 2.39. The van der Waals surface area contributed by atoms with Crippen LogP contribution in [-0.4, -0.2) is 13.1 Å². The molecule has 0 unspecified atom stereocenters. The molecule has 0 aromatic heterocycles. The first kappa shape index (κ1) is 12.7. The summed E-state index contributed by atoms with van der Waals surface area (Å²) in [6, 6.07) is 13.2. The number of esters is 1. The Labute approximate surface area is 111 Å². The molecule has 18 heavy (non-hydrogen) atoms. The predicted molar refractivity (Wildman–Crippen MR) is 73.0 cm³/mol. The van der Waals surface area contributed by atoms with Gasteiger partial charge in [-0.15, -0.1) is 0 Å². The van der Waals surface area contributed by atoms with Gasteiger partial charge in [-0.2, -0.15) is 0 Å². The molecule has 0 saturated heterocycles. The second kappa shape index (κ2) is 5.23. The molecule has 0 aliphatic carbocycles. The van der Waals surface area contributed by atoms with Crippen LogP contribution in [0.2, 0.25) is 5.02 Å². The fraction of sp³-hybridized carbons (Fsp3) is 0.133. The first-order valence-electron chi connectivity index (χ1n) is 5.56. The van der Waals surface area contributed by atoms with Crippen molar-refractivity contribution in [2.75, 3.05) is 7.11 Å². The molecule has 0 saturated carbocycles. The molecule has 0 fully saturated rings. The van der Waals surface area contributed by atoms with Gasteiger partial charge in [0.2, 0.25) is 0 Å². The summed E-state index contributed by atoms with van der Waals surface area (Å²) in [5.41, 5.74) is 3.48. The summed E-state index contributed by atoms with van der Waals surface area (Å²) in [4.78, 5) is 11.6. The van der Waals surface area contributed by atoms with Gasteiger partial charge in [0.1, 0.15) is 0 Å². The maximum atomic E-state index is 11.6. The lowest BCUT2D eigenvalue weighted by Crippen LogP contribution is -2.03. The Morgan fingerprint density at radius 2 is 1.67 bits per heavy atom. The van der Waals surface area contributed by atoms with E-state index < -0.39 is 0 Å². The first-order chi connectivity index (χ1) is 8.61. The number of benzene rings is 2. The van der Waals surface area contributed by atoms with Gasteiger partial charge in [-0.05, 0) is 41.8 Å². The van der Waals surface area contributed by atoms with Crippen molar-refractivity contribution >= 4 is 17.6 Å². The minimum absolute atomic E-state index is 0.316. The van der Waals surface area contributed by atoms with Crippen molar-refractivity contribution in [3.8, 4) is 11.1 Å². The third-order valence-electron chi connectivity index (χ3n) is 2.82. The highest BCUT2D eigenvalue weighted by Gasteiger charge is 2.10. The molecule has 0 spiro atoms. The summed E-state index contributed by atoms with van der Waals surface area (Å²) in [5, 5.41) is 0.694. The number of hydrogen-bond acceptors (Lipinski definition) is 2. The number of carbonyl (C=O) groups excluding carboxylic acids is 1. The molecule has 2 aromatic carbocycles. The molecular weight excluding hydrogens is 248 g/mol. The summed E-state index contributed by atoms with van der Waals surface area (Å²) in [6.45, 7) is 1.89. The van der Waals surface area contributed by atoms with Crippen LogP contribution in [0.15, 0.2) is 42.5 Å². The highest BCUT2D eigenvalue weighted by atomic mass is 35.5. The van der Waals surface area contributed by atoms with E-state index in [1.54, 1.807) is 0 Å². The van der Waals surface area contributed by atoms with Crippen LogP contribution in [0.5, 0.6) is 0 Å². The van der Waals surface area contributed by atoms with E-state index in [-0.39, 0.29) is 5.97 Å². The maximum Gasteiger partial charge on any atom is 0.338 e. The van der Waals surface area contributed by atoms with Gasteiger partial charge in [0.15, 0.2) is 0 Å². The minimum atomic E-state index is -0.316. The van der Waals surface area contributed by atoms with Crippen LogP contribution in [0.1, 0.15) is 15.9 Å². The Balaban J connectivity index is 2.46. The average molecular weight is 261 g/mol. The van der Waals surface area contributed by atoms with Gasteiger partial charge in [-0.1, -0.05) is 35.9 Å². The molecule has 0 N–H and O–H groups in total. The maximum absolute atomic E-state index is 11.6. The van der Waals surface area contributed by atoms with Crippen molar-refractivity contribution in [3.05, 3.63) is 58.6 Å². The molecule has 2 nitrogen and oxygen atoms in total. The fourth-order valence-electron chi connectivity index (χ4n) is 1.77. The molecule has 92 valence electrons. The number of methoxy groups -OCH3 is 1. The zero-order valence-corrected chi connectivity index (χ0v) is 11.0. The summed E-state index contributed by atoms with van der Waals surface area (Å²) < 4.78 is 4.77. The van der Waals surface area contributed by atoms with Crippen molar-refractivity contribution in [2.24, 2.45) is 0 Å². The van der Waals surface area contributed by atoms with E-state index in [0.29, 0.717) is 10.6 Å². The summed E-state index contributed by atoms with van der Waals surface area (Å²) in [6.07, 6.45) is 0. The largest absolute Gasteiger partial charge is 0.465 e. The third-order valence-corrected chi connectivity index (χ3v) is 3.07. The summed E-state index contributed by atoms with van der Waals surface area (Å²) in [5.74, 6) is -0.316. The van der Waals surface area contributed by atoms with E-state index in [0.717, 1.165) is 16.7 Å². The summed E-state index contributed by atoms with van der Waals surface area (Å²) >= 11 is 5.85. The second-order valence-corrected chi connectivity index (χ2v) is 4.46. The Morgan fingerprint density at radius 3 is 2.28 bits per heavy atom. The predicted octanol–water partition coefficient (Wildman–Crippen LogP) is 4.10. The number of aryl methyl sites for hydroxylation is 1. The molecule has 0 aliphatic rings. The van der Waals surface area contributed by atoms with Crippen LogP contribution >= 0.6 is 11.6 Å². The molecule has 0 bridgehead atoms. The van der Waals surface area contributed by atoms with Gasteiger partial charge in [-0.25, -0.2) is 4.79 Å². The molecule has 3 heteroatoms. The van der Waals surface area contributed by atoms with Gasteiger partial charge in [0.05, 0.1) is 12.7 Å². The number of halogens is 1. The van der Waals surface area contributed by atoms with Crippen LogP contribution in [-0.2, 0) is 4.74 Å². The van der Waals surface area contributed by atoms with E-state index in [1.165, 1.54) is 7.11 Å². The number of carbonyl (C=O) groups is 1.